The molecule has 1 rings (SSSR count). The van der Waals surface area contributed by atoms with E-state index in [2.05, 4.69) is 36.8 Å². The molecule has 16 heavy (non-hydrogen) atoms. The largest absolute Gasteiger partial charge is 0.385 e. The molecule has 1 aromatic heterocycles. The van der Waals surface area contributed by atoms with Crippen LogP contribution in [0.5, 0.6) is 0 Å². The molecule has 0 spiro atoms. The van der Waals surface area contributed by atoms with Crippen LogP contribution in [0.2, 0.25) is 0 Å². The van der Waals surface area contributed by atoms with Crippen LogP contribution < -0.4 is 5.32 Å². The Balaban J connectivity index is 2.70. The highest BCUT2D eigenvalue weighted by Gasteiger charge is 2.20. The van der Waals surface area contributed by atoms with Gasteiger partial charge in [-0.2, -0.15) is 11.3 Å². The van der Waals surface area contributed by atoms with E-state index in [1.807, 2.05) is 0 Å². The Hall–Kier alpha value is -0.380. The van der Waals surface area contributed by atoms with Gasteiger partial charge in [0.2, 0.25) is 0 Å². The molecular formula is C13H23NOS. The molecule has 1 heterocycles. The summed E-state index contributed by atoms with van der Waals surface area (Å²) in [5, 5.41) is 8.08. The summed E-state index contributed by atoms with van der Waals surface area (Å²) >= 11 is 1.79. The maximum Gasteiger partial charge on any atom is 0.0465 e. The van der Waals surface area contributed by atoms with E-state index in [9.17, 15) is 0 Å². The van der Waals surface area contributed by atoms with Crippen molar-refractivity contribution < 1.29 is 4.74 Å². The van der Waals surface area contributed by atoms with Crippen LogP contribution in [0.4, 0.5) is 0 Å². The van der Waals surface area contributed by atoms with E-state index >= 15 is 0 Å². The lowest BCUT2D eigenvalue weighted by Gasteiger charge is -2.25. The lowest BCUT2D eigenvalue weighted by Crippen LogP contribution is -2.27. The van der Waals surface area contributed by atoms with Gasteiger partial charge in [-0.1, -0.05) is 13.8 Å². The molecule has 0 saturated carbocycles. The Labute approximate surface area is 103 Å². The monoisotopic (exact) mass is 241 g/mol. The molecule has 0 saturated heterocycles. The molecule has 0 aliphatic carbocycles. The summed E-state index contributed by atoms with van der Waals surface area (Å²) in [7, 11) is 1.77. The van der Waals surface area contributed by atoms with Gasteiger partial charge in [-0.3, -0.25) is 0 Å². The van der Waals surface area contributed by atoms with Crippen LogP contribution in [0.15, 0.2) is 10.8 Å². The van der Waals surface area contributed by atoms with Gasteiger partial charge in [-0.15, -0.1) is 0 Å². The summed E-state index contributed by atoms with van der Waals surface area (Å²) in [5.74, 6) is 0.605. The van der Waals surface area contributed by atoms with E-state index in [-0.39, 0.29) is 0 Å². The maximum atomic E-state index is 5.16. The average Bonchev–Trinajstić information content (AvgIpc) is 2.69. The summed E-state index contributed by atoms with van der Waals surface area (Å²) in [5.41, 5.74) is 2.86. The standard InChI is InChI=1S/C13H23NOS/c1-5-14-13(10(2)6-7-15-4)12-9-16-8-11(12)3/h8-10,13-14H,5-7H2,1-4H3. The van der Waals surface area contributed by atoms with Crippen molar-refractivity contribution in [1.82, 2.24) is 5.32 Å². The number of ether oxygens (including phenoxy) is 1. The molecule has 0 aromatic carbocycles. The van der Waals surface area contributed by atoms with Gasteiger partial charge in [-0.05, 0) is 47.7 Å². The molecule has 2 unspecified atom stereocenters. The summed E-state index contributed by atoms with van der Waals surface area (Å²) in [4.78, 5) is 0. The Kier molecular flexibility index (Phi) is 6.03. The van der Waals surface area contributed by atoms with E-state index in [0.29, 0.717) is 12.0 Å². The van der Waals surface area contributed by atoms with Gasteiger partial charge in [0.15, 0.2) is 0 Å². The van der Waals surface area contributed by atoms with Crippen LogP contribution in [0.1, 0.15) is 37.4 Å². The zero-order chi connectivity index (χ0) is 12.0. The van der Waals surface area contributed by atoms with Crippen LogP contribution in [0, 0.1) is 12.8 Å². The summed E-state index contributed by atoms with van der Waals surface area (Å²) in [6.07, 6.45) is 1.10. The van der Waals surface area contributed by atoms with Gasteiger partial charge < -0.3 is 10.1 Å². The van der Waals surface area contributed by atoms with Crippen molar-refractivity contribution in [1.29, 1.82) is 0 Å². The molecule has 2 nitrogen and oxygen atoms in total. The number of methoxy groups -OCH3 is 1. The van der Waals surface area contributed by atoms with Crippen molar-refractivity contribution in [3.8, 4) is 0 Å². The first kappa shape index (κ1) is 13.7. The van der Waals surface area contributed by atoms with Gasteiger partial charge in [0.1, 0.15) is 0 Å². The SMILES string of the molecule is CCNC(c1cscc1C)C(C)CCOC. The zero-order valence-corrected chi connectivity index (χ0v) is 11.6. The van der Waals surface area contributed by atoms with Crippen LogP contribution in [-0.2, 0) is 4.74 Å². The van der Waals surface area contributed by atoms with E-state index in [0.717, 1.165) is 19.6 Å². The second kappa shape index (κ2) is 7.05. The normalized spacial score (nSPS) is 15.0. The summed E-state index contributed by atoms with van der Waals surface area (Å²) in [6, 6.07) is 0.464. The molecular weight excluding hydrogens is 218 g/mol. The minimum Gasteiger partial charge on any atom is -0.385 e. The second-order valence-corrected chi connectivity index (χ2v) is 5.05. The fraction of sp³-hybridized carbons (Fsp3) is 0.692. The molecule has 2 atom stereocenters. The molecule has 92 valence electrons. The quantitative estimate of drug-likeness (QED) is 0.790. The van der Waals surface area contributed by atoms with Crippen LogP contribution in [0.25, 0.3) is 0 Å². The Bertz CT molecular complexity index is 298. The van der Waals surface area contributed by atoms with Crippen molar-refractivity contribution in [2.45, 2.75) is 33.2 Å². The molecule has 0 aliphatic rings. The van der Waals surface area contributed by atoms with Crippen molar-refractivity contribution in [3.05, 3.63) is 21.9 Å². The van der Waals surface area contributed by atoms with Gasteiger partial charge in [-0.25, -0.2) is 0 Å². The molecule has 1 aromatic rings. The molecule has 0 radical (unpaired) electrons. The van der Waals surface area contributed by atoms with Gasteiger partial charge in [0.25, 0.3) is 0 Å². The van der Waals surface area contributed by atoms with E-state index in [1.165, 1.54) is 11.1 Å². The fourth-order valence-corrected chi connectivity index (χ4v) is 2.88. The highest BCUT2D eigenvalue weighted by Crippen LogP contribution is 2.29. The first-order valence-corrected chi connectivity index (χ1v) is 6.90. The second-order valence-electron chi connectivity index (χ2n) is 4.30. The topological polar surface area (TPSA) is 21.3 Å². The smallest absolute Gasteiger partial charge is 0.0465 e. The van der Waals surface area contributed by atoms with Gasteiger partial charge in [0.05, 0.1) is 0 Å². The average molecular weight is 241 g/mol. The molecule has 0 aliphatic heterocycles. The zero-order valence-electron chi connectivity index (χ0n) is 10.7. The number of aryl methyl sites for hydroxylation is 1. The van der Waals surface area contributed by atoms with Crippen molar-refractivity contribution in [2.75, 3.05) is 20.3 Å². The van der Waals surface area contributed by atoms with Crippen LogP contribution in [0.3, 0.4) is 0 Å². The van der Waals surface area contributed by atoms with Gasteiger partial charge >= 0.3 is 0 Å². The lowest BCUT2D eigenvalue weighted by molar-refractivity contribution is 0.170. The van der Waals surface area contributed by atoms with Gasteiger partial charge in [0, 0.05) is 19.8 Å². The fourth-order valence-electron chi connectivity index (χ4n) is 2.00. The number of nitrogens with one attached hydrogen (secondary N) is 1. The molecule has 0 bridgehead atoms. The van der Waals surface area contributed by atoms with Crippen molar-refractivity contribution in [2.24, 2.45) is 5.92 Å². The Morgan fingerprint density at radius 3 is 2.69 bits per heavy atom. The predicted octanol–water partition coefficient (Wildman–Crippen LogP) is 3.38. The number of hydrogen-bond donors (Lipinski definition) is 1. The van der Waals surface area contributed by atoms with Crippen molar-refractivity contribution in [3.63, 3.8) is 0 Å². The molecule has 0 amide bonds. The van der Waals surface area contributed by atoms with E-state index in [4.69, 9.17) is 4.74 Å². The lowest BCUT2D eigenvalue weighted by atomic mass is 9.92. The predicted molar refractivity (Wildman–Crippen MR) is 71.1 cm³/mol. The van der Waals surface area contributed by atoms with Crippen molar-refractivity contribution >= 4 is 11.3 Å². The highest BCUT2D eigenvalue weighted by molar-refractivity contribution is 7.08. The van der Waals surface area contributed by atoms with Crippen LogP contribution in [-0.4, -0.2) is 20.3 Å². The third-order valence-corrected chi connectivity index (χ3v) is 3.88. The number of hydrogen-bond acceptors (Lipinski definition) is 3. The van der Waals surface area contributed by atoms with E-state index < -0.39 is 0 Å². The highest BCUT2D eigenvalue weighted by atomic mass is 32.1. The Morgan fingerprint density at radius 2 is 2.19 bits per heavy atom. The Morgan fingerprint density at radius 1 is 1.44 bits per heavy atom. The summed E-state index contributed by atoms with van der Waals surface area (Å²) in [6.45, 7) is 8.50. The summed E-state index contributed by atoms with van der Waals surface area (Å²) < 4.78 is 5.16. The van der Waals surface area contributed by atoms with Crippen LogP contribution >= 0.6 is 11.3 Å². The minimum absolute atomic E-state index is 0.464. The maximum absolute atomic E-state index is 5.16. The number of rotatable bonds is 7. The first-order chi connectivity index (χ1) is 7.70. The molecule has 0 fully saturated rings. The minimum atomic E-state index is 0.464. The van der Waals surface area contributed by atoms with E-state index in [1.54, 1.807) is 18.4 Å². The molecule has 3 heteroatoms. The number of thiophene rings is 1. The third kappa shape index (κ3) is 3.58. The first-order valence-electron chi connectivity index (χ1n) is 5.95. The molecule has 1 N–H and O–H groups in total. The third-order valence-electron chi connectivity index (χ3n) is 3.00.